The van der Waals surface area contributed by atoms with Crippen molar-refractivity contribution in [1.82, 2.24) is 0 Å². The Balaban J connectivity index is -0.0000000230. The normalized spacial score (nSPS) is 5.85. The Morgan fingerprint density at radius 2 is 0.462 bits per heavy atom. The van der Waals surface area contributed by atoms with E-state index in [4.69, 9.17) is 0 Å². The van der Waals surface area contributed by atoms with Crippen LogP contribution in [-0.4, -0.2) is 7.25 Å². The fraction of sp³-hybridized carbons (Fsp3) is 0. The topological polar surface area (TPSA) is 0 Å². The minimum absolute atomic E-state index is 3.00. The van der Waals surface area contributed by atoms with Crippen LogP contribution in [0.25, 0.3) is 0 Å². The predicted molar refractivity (Wildman–Crippen MR) is 55.2 cm³/mol. The lowest BCUT2D eigenvalue weighted by Gasteiger charge is -1.94. The van der Waals surface area contributed by atoms with Gasteiger partial charge in [0.1, 0.15) is 0 Å². The van der Waals surface area contributed by atoms with Crippen molar-refractivity contribution in [2.45, 2.75) is 0 Å². The zero-order valence-corrected chi connectivity index (χ0v) is 7.75. The maximum atomic E-state index is 9.75. The van der Waals surface area contributed by atoms with Crippen LogP contribution in [0.4, 0.5) is 17.3 Å². The standard InChI is InChI=1S/4C2H4.BF4/c4*1-2;2-1(3,4)5/h4*1-2H2;/q;;;;-1. The van der Waals surface area contributed by atoms with Crippen LogP contribution in [0.5, 0.6) is 0 Å². The summed E-state index contributed by atoms with van der Waals surface area (Å²) in [4.78, 5) is 0. The molecular formula is C8H16BF4-. The molecule has 5 heteroatoms. The molecule has 0 aromatic rings. The van der Waals surface area contributed by atoms with Crippen molar-refractivity contribution in [3.05, 3.63) is 52.6 Å². The first kappa shape index (κ1) is 29.8. The average Bonchev–Trinajstić information content (AvgIpc) is 2.14. The first-order chi connectivity index (χ1) is 6.00. The smallest absolute Gasteiger partial charge is 0.418 e. The molecule has 0 aromatic carbocycles. The first-order valence-electron chi connectivity index (χ1n) is 2.87. The molecule has 0 spiro atoms. The van der Waals surface area contributed by atoms with Gasteiger partial charge >= 0.3 is 7.25 Å². The summed E-state index contributed by atoms with van der Waals surface area (Å²) in [5, 5.41) is 0. The largest absolute Gasteiger partial charge is 0.673 e. The average molecular weight is 199 g/mol. The minimum atomic E-state index is -6.00. The van der Waals surface area contributed by atoms with Crippen LogP contribution in [0.15, 0.2) is 52.6 Å². The Hall–Kier alpha value is -1.26. The molecule has 0 nitrogen and oxygen atoms in total. The van der Waals surface area contributed by atoms with E-state index in [1.54, 1.807) is 0 Å². The molecule has 0 aliphatic rings. The lowest BCUT2D eigenvalue weighted by atomic mass is 10.3. The van der Waals surface area contributed by atoms with E-state index in [-0.39, 0.29) is 0 Å². The monoisotopic (exact) mass is 199 g/mol. The highest BCUT2D eigenvalue weighted by molar-refractivity contribution is 6.50. The predicted octanol–water partition coefficient (Wildman–Crippen LogP) is 4.51. The SMILES string of the molecule is C=C.C=C.C=C.C=C.F[B-](F)(F)F. The van der Waals surface area contributed by atoms with Gasteiger partial charge < -0.3 is 17.3 Å². The van der Waals surface area contributed by atoms with E-state index < -0.39 is 7.25 Å². The van der Waals surface area contributed by atoms with Crippen LogP contribution in [-0.2, 0) is 0 Å². The van der Waals surface area contributed by atoms with Crippen LogP contribution >= 0.6 is 0 Å². The summed E-state index contributed by atoms with van der Waals surface area (Å²) in [5.41, 5.74) is 0. The second-order valence-corrected chi connectivity index (χ2v) is 0.495. The Bertz CT molecular complexity index is 59.0. The van der Waals surface area contributed by atoms with Gasteiger partial charge in [-0.25, -0.2) is 0 Å². The Morgan fingerprint density at radius 3 is 0.462 bits per heavy atom. The number of hydrogen-bond donors (Lipinski definition) is 0. The maximum Gasteiger partial charge on any atom is 0.673 e. The highest BCUT2D eigenvalue weighted by atomic mass is 19.5. The quantitative estimate of drug-likeness (QED) is 0.306. The van der Waals surface area contributed by atoms with Crippen molar-refractivity contribution in [3.63, 3.8) is 0 Å². The molecule has 0 unspecified atom stereocenters. The Labute approximate surface area is 78.1 Å². The number of halogens is 4. The van der Waals surface area contributed by atoms with Gasteiger partial charge in [-0.2, -0.15) is 0 Å². The Kier molecular flexibility index (Phi) is 104. The zero-order chi connectivity index (χ0) is 12.5. The second kappa shape index (κ2) is 45.3. The molecule has 0 N–H and O–H groups in total. The van der Waals surface area contributed by atoms with Gasteiger partial charge in [0.05, 0.1) is 0 Å². The van der Waals surface area contributed by atoms with Crippen molar-refractivity contribution in [2.75, 3.05) is 0 Å². The zero-order valence-electron chi connectivity index (χ0n) is 7.75. The van der Waals surface area contributed by atoms with Gasteiger partial charge in [0, 0.05) is 0 Å². The van der Waals surface area contributed by atoms with Crippen molar-refractivity contribution in [1.29, 1.82) is 0 Å². The van der Waals surface area contributed by atoms with E-state index in [0.29, 0.717) is 0 Å². The molecule has 0 saturated carbocycles. The third-order valence-corrected chi connectivity index (χ3v) is 0. The van der Waals surface area contributed by atoms with Gasteiger partial charge in [-0.3, -0.25) is 0 Å². The second-order valence-electron chi connectivity index (χ2n) is 0.495. The molecule has 0 aliphatic carbocycles. The molecule has 0 heterocycles. The van der Waals surface area contributed by atoms with E-state index >= 15 is 0 Å². The van der Waals surface area contributed by atoms with Gasteiger partial charge in [0.15, 0.2) is 0 Å². The van der Waals surface area contributed by atoms with Gasteiger partial charge in [0.25, 0.3) is 0 Å². The summed E-state index contributed by atoms with van der Waals surface area (Å²) in [6.07, 6.45) is 0. The fourth-order valence-corrected chi connectivity index (χ4v) is 0. The summed E-state index contributed by atoms with van der Waals surface area (Å²) in [7, 11) is -6.00. The lowest BCUT2D eigenvalue weighted by molar-refractivity contribution is 0.368. The summed E-state index contributed by atoms with van der Waals surface area (Å²) < 4.78 is 39.0. The molecule has 0 aliphatic heterocycles. The minimum Gasteiger partial charge on any atom is -0.418 e. The first-order valence-corrected chi connectivity index (χ1v) is 2.87. The van der Waals surface area contributed by atoms with E-state index in [0.717, 1.165) is 0 Å². The summed E-state index contributed by atoms with van der Waals surface area (Å²) in [6, 6.07) is 0. The van der Waals surface area contributed by atoms with Crippen molar-refractivity contribution >= 4 is 7.25 Å². The van der Waals surface area contributed by atoms with Crippen LogP contribution in [0.3, 0.4) is 0 Å². The third-order valence-electron chi connectivity index (χ3n) is 0. The van der Waals surface area contributed by atoms with Crippen LogP contribution < -0.4 is 0 Å². The molecule has 0 rings (SSSR count). The molecule has 0 atom stereocenters. The van der Waals surface area contributed by atoms with Gasteiger partial charge in [-0.05, 0) is 0 Å². The van der Waals surface area contributed by atoms with E-state index in [1.807, 2.05) is 0 Å². The number of hydrogen-bond acceptors (Lipinski definition) is 0. The molecular weight excluding hydrogens is 183 g/mol. The molecule has 13 heavy (non-hydrogen) atoms. The molecule has 0 aromatic heterocycles. The lowest BCUT2D eigenvalue weighted by Crippen LogP contribution is -2.02. The maximum absolute atomic E-state index is 9.75. The Morgan fingerprint density at radius 1 is 0.462 bits per heavy atom. The number of rotatable bonds is 0. The van der Waals surface area contributed by atoms with E-state index in [2.05, 4.69) is 52.6 Å². The third kappa shape index (κ3) is 522. The van der Waals surface area contributed by atoms with E-state index in [9.17, 15) is 17.3 Å². The van der Waals surface area contributed by atoms with Crippen LogP contribution in [0.1, 0.15) is 0 Å². The van der Waals surface area contributed by atoms with Crippen LogP contribution in [0.2, 0.25) is 0 Å². The highest BCUT2D eigenvalue weighted by Gasteiger charge is 2.20. The van der Waals surface area contributed by atoms with Crippen LogP contribution in [0, 0.1) is 0 Å². The van der Waals surface area contributed by atoms with Crippen molar-refractivity contribution < 1.29 is 17.3 Å². The van der Waals surface area contributed by atoms with Gasteiger partial charge in [-0.1, -0.05) is 0 Å². The van der Waals surface area contributed by atoms with Gasteiger partial charge in [-0.15, -0.1) is 52.6 Å². The van der Waals surface area contributed by atoms with Gasteiger partial charge in [0.2, 0.25) is 0 Å². The molecule has 0 radical (unpaired) electrons. The van der Waals surface area contributed by atoms with Crippen molar-refractivity contribution in [3.8, 4) is 0 Å². The molecule has 0 amide bonds. The molecule has 0 bridgehead atoms. The summed E-state index contributed by atoms with van der Waals surface area (Å²) in [6.45, 7) is 24.0. The van der Waals surface area contributed by atoms with E-state index in [1.165, 1.54) is 0 Å². The fourth-order valence-electron chi connectivity index (χ4n) is 0. The summed E-state index contributed by atoms with van der Waals surface area (Å²) >= 11 is 0. The molecule has 80 valence electrons. The highest BCUT2D eigenvalue weighted by Crippen LogP contribution is 2.06. The van der Waals surface area contributed by atoms with Crippen molar-refractivity contribution in [2.24, 2.45) is 0 Å². The molecule has 0 fully saturated rings. The molecule has 0 saturated heterocycles. The summed E-state index contributed by atoms with van der Waals surface area (Å²) in [5.74, 6) is 0.